The van der Waals surface area contributed by atoms with Crippen molar-refractivity contribution < 1.29 is 4.79 Å². The molecule has 3 aromatic rings. The predicted molar refractivity (Wildman–Crippen MR) is 113 cm³/mol. The van der Waals surface area contributed by atoms with E-state index in [2.05, 4.69) is 49.5 Å². The maximum atomic E-state index is 11.9. The number of anilines is 3. The number of aryl methyl sites for hydroxylation is 3. The molecule has 0 spiro atoms. The summed E-state index contributed by atoms with van der Waals surface area (Å²) in [5.41, 5.74) is 2.38. The maximum absolute atomic E-state index is 11.9. The van der Waals surface area contributed by atoms with E-state index in [4.69, 9.17) is 0 Å². The highest BCUT2D eigenvalue weighted by Gasteiger charge is 2.05. The summed E-state index contributed by atoms with van der Waals surface area (Å²) < 4.78 is 0. The van der Waals surface area contributed by atoms with Gasteiger partial charge in [-0.15, -0.1) is 21.5 Å². The number of carbonyl (C=O) groups is 1. The molecule has 7 nitrogen and oxygen atoms in total. The molecule has 0 aliphatic heterocycles. The molecule has 0 atom stereocenters. The smallest absolute Gasteiger partial charge is 0.220 e. The Balaban J connectivity index is 1.35. The lowest BCUT2D eigenvalue weighted by Crippen LogP contribution is -2.29. The second-order valence-electron chi connectivity index (χ2n) is 6.45. The topological polar surface area (TPSA) is 91.8 Å². The molecular weight excluding hydrogens is 372 g/mol. The highest BCUT2D eigenvalue weighted by atomic mass is 32.1. The van der Waals surface area contributed by atoms with Crippen LogP contribution in [0.5, 0.6) is 0 Å². The minimum absolute atomic E-state index is 0.0610. The fraction of sp³-hybridized carbons (Fsp3) is 0.300. The Morgan fingerprint density at radius 1 is 1.04 bits per heavy atom. The van der Waals surface area contributed by atoms with Crippen LogP contribution in [0.25, 0.3) is 0 Å². The zero-order chi connectivity index (χ0) is 19.8. The van der Waals surface area contributed by atoms with E-state index in [9.17, 15) is 4.79 Å². The molecule has 0 aromatic carbocycles. The quantitative estimate of drug-likeness (QED) is 0.480. The van der Waals surface area contributed by atoms with Gasteiger partial charge in [-0.1, -0.05) is 0 Å². The number of thiophene rings is 1. The molecule has 0 aliphatic rings. The Kier molecular flexibility index (Phi) is 6.91. The Morgan fingerprint density at radius 3 is 2.57 bits per heavy atom. The van der Waals surface area contributed by atoms with Crippen LogP contribution in [0.2, 0.25) is 0 Å². The van der Waals surface area contributed by atoms with E-state index >= 15 is 0 Å². The number of carbonyl (C=O) groups excluding carboxylic acids is 1. The van der Waals surface area contributed by atoms with Crippen LogP contribution in [0.1, 0.15) is 22.4 Å². The van der Waals surface area contributed by atoms with Crippen molar-refractivity contribution in [2.45, 2.75) is 26.7 Å². The van der Waals surface area contributed by atoms with Crippen LogP contribution < -0.4 is 16.0 Å². The van der Waals surface area contributed by atoms with Gasteiger partial charge in [0, 0.05) is 30.6 Å². The summed E-state index contributed by atoms with van der Waals surface area (Å²) in [5, 5.41) is 19.5. The van der Waals surface area contributed by atoms with Crippen molar-refractivity contribution in [1.29, 1.82) is 0 Å². The third kappa shape index (κ3) is 6.02. The Bertz CT molecular complexity index is 909. The van der Waals surface area contributed by atoms with E-state index in [0.717, 1.165) is 17.8 Å². The van der Waals surface area contributed by atoms with Gasteiger partial charge in [-0.05, 0) is 67.1 Å². The number of hydrogen-bond donors (Lipinski definition) is 3. The van der Waals surface area contributed by atoms with Gasteiger partial charge < -0.3 is 16.0 Å². The molecule has 28 heavy (non-hydrogen) atoms. The van der Waals surface area contributed by atoms with Crippen LogP contribution in [-0.2, 0) is 11.2 Å². The van der Waals surface area contributed by atoms with Gasteiger partial charge in [-0.3, -0.25) is 4.79 Å². The van der Waals surface area contributed by atoms with E-state index in [-0.39, 0.29) is 5.91 Å². The van der Waals surface area contributed by atoms with Crippen molar-refractivity contribution in [3.63, 3.8) is 0 Å². The normalized spacial score (nSPS) is 10.5. The summed E-state index contributed by atoms with van der Waals surface area (Å²) in [6, 6.07) is 9.64. The monoisotopic (exact) mass is 396 g/mol. The maximum Gasteiger partial charge on any atom is 0.220 e. The van der Waals surface area contributed by atoms with Crippen LogP contribution in [0.3, 0.4) is 0 Å². The molecule has 0 aliphatic carbocycles. The van der Waals surface area contributed by atoms with E-state index in [1.165, 1.54) is 10.4 Å². The SMILES string of the molecule is Cc1ccnc(Nc2ccc(NCCNC(=O)CCc3sccc3C)nn2)c1. The molecular formula is C20H24N6OS. The first kappa shape index (κ1) is 19.8. The standard InChI is InChI=1S/C20H24N6OS/c1-14-7-9-21-19(13-14)24-18-5-4-17(25-26-18)22-10-11-23-20(27)6-3-16-15(2)8-12-28-16/h4-5,7-9,12-13H,3,6,10-11H2,1-2H3,(H,22,25)(H,23,27)(H,21,24,26). The van der Waals surface area contributed by atoms with Gasteiger partial charge in [-0.2, -0.15) is 0 Å². The fourth-order valence-electron chi connectivity index (χ4n) is 2.60. The molecule has 0 bridgehead atoms. The molecule has 0 unspecified atom stereocenters. The molecule has 0 radical (unpaired) electrons. The number of rotatable bonds is 9. The number of pyridine rings is 1. The van der Waals surface area contributed by atoms with Gasteiger partial charge in [0.05, 0.1) is 0 Å². The first-order valence-electron chi connectivity index (χ1n) is 9.17. The lowest BCUT2D eigenvalue weighted by molar-refractivity contribution is -0.120. The number of amides is 1. The Labute approximate surface area is 168 Å². The molecule has 0 fully saturated rings. The summed E-state index contributed by atoms with van der Waals surface area (Å²) in [4.78, 5) is 17.4. The Hall–Kier alpha value is -3.00. The number of nitrogens with zero attached hydrogens (tertiary/aromatic N) is 3. The molecule has 3 heterocycles. The summed E-state index contributed by atoms with van der Waals surface area (Å²) in [6.07, 6.45) is 3.05. The van der Waals surface area contributed by atoms with Crippen LogP contribution in [0.4, 0.5) is 17.5 Å². The van der Waals surface area contributed by atoms with Crippen LogP contribution in [0, 0.1) is 13.8 Å². The fourth-order valence-corrected chi connectivity index (χ4v) is 3.51. The minimum atomic E-state index is 0.0610. The minimum Gasteiger partial charge on any atom is -0.367 e. The molecule has 146 valence electrons. The molecule has 1 amide bonds. The lowest BCUT2D eigenvalue weighted by Gasteiger charge is -2.08. The third-order valence-electron chi connectivity index (χ3n) is 4.14. The number of hydrogen-bond acceptors (Lipinski definition) is 7. The van der Waals surface area contributed by atoms with Crippen molar-refractivity contribution in [1.82, 2.24) is 20.5 Å². The average Bonchev–Trinajstić information content (AvgIpc) is 3.10. The van der Waals surface area contributed by atoms with Crippen molar-refractivity contribution in [3.8, 4) is 0 Å². The van der Waals surface area contributed by atoms with E-state index < -0.39 is 0 Å². The highest BCUT2D eigenvalue weighted by molar-refractivity contribution is 7.10. The molecule has 3 aromatic heterocycles. The zero-order valence-electron chi connectivity index (χ0n) is 16.0. The Morgan fingerprint density at radius 2 is 1.86 bits per heavy atom. The van der Waals surface area contributed by atoms with Gasteiger partial charge in [0.25, 0.3) is 0 Å². The summed E-state index contributed by atoms with van der Waals surface area (Å²) in [7, 11) is 0. The van der Waals surface area contributed by atoms with Crippen molar-refractivity contribution in [3.05, 3.63) is 57.9 Å². The molecule has 3 rings (SSSR count). The van der Waals surface area contributed by atoms with Crippen LogP contribution >= 0.6 is 11.3 Å². The van der Waals surface area contributed by atoms with Gasteiger partial charge >= 0.3 is 0 Å². The molecule has 0 saturated heterocycles. The van der Waals surface area contributed by atoms with Crippen molar-refractivity contribution >= 4 is 34.7 Å². The average molecular weight is 397 g/mol. The largest absolute Gasteiger partial charge is 0.367 e. The highest BCUT2D eigenvalue weighted by Crippen LogP contribution is 2.17. The van der Waals surface area contributed by atoms with E-state index in [1.807, 2.05) is 31.2 Å². The molecule has 0 saturated carbocycles. The zero-order valence-corrected chi connectivity index (χ0v) is 16.8. The second-order valence-corrected chi connectivity index (χ2v) is 7.45. The van der Waals surface area contributed by atoms with Crippen molar-refractivity contribution in [2.24, 2.45) is 0 Å². The number of aromatic nitrogens is 3. The van der Waals surface area contributed by atoms with Gasteiger partial charge in [0.1, 0.15) is 11.6 Å². The molecule has 3 N–H and O–H groups in total. The van der Waals surface area contributed by atoms with Gasteiger partial charge in [0.2, 0.25) is 5.91 Å². The number of nitrogens with one attached hydrogen (secondary N) is 3. The van der Waals surface area contributed by atoms with E-state index in [0.29, 0.717) is 31.1 Å². The van der Waals surface area contributed by atoms with Gasteiger partial charge in [-0.25, -0.2) is 4.98 Å². The molecule has 8 heteroatoms. The predicted octanol–water partition coefficient (Wildman–Crippen LogP) is 3.45. The van der Waals surface area contributed by atoms with Crippen LogP contribution in [-0.4, -0.2) is 34.2 Å². The summed E-state index contributed by atoms with van der Waals surface area (Å²) in [5.74, 6) is 2.08. The first-order chi connectivity index (χ1) is 13.6. The lowest BCUT2D eigenvalue weighted by atomic mass is 10.2. The summed E-state index contributed by atoms with van der Waals surface area (Å²) >= 11 is 1.70. The second kappa shape index (κ2) is 9.80. The van der Waals surface area contributed by atoms with Gasteiger partial charge in [0.15, 0.2) is 5.82 Å². The third-order valence-corrected chi connectivity index (χ3v) is 5.22. The van der Waals surface area contributed by atoms with Crippen LogP contribution in [0.15, 0.2) is 41.9 Å². The summed E-state index contributed by atoms with van der Waals surface area (Å²) in [6.45, 7) is 5.21. The van der Waals surface area contributed by atoms with Crippen molar-refractivity contribution in [2.75, 3.05) is 23.7 Å². The van der Waals surface area contributed by atoms with E-state index in [1.54, 1.807) is 17.5 Å². The first-order valence-corrected chi connectivity index (χ1v) is 10.0.